The first kappa shape index (κ1) is 37.0. The summed E-state index contributed by atoms with van der Waals surface area (Å²) < 4.78 is 43.7. The molecule has 4 heterocycles. The molecule has 4 aliphatic heterocycles. The SMILES string of the molecule is CO[C@@H]1C(CO)O[C@@H](O[C@@H]2C(CO)O[C@@H](O[C@H]3C(O)C[C@H](O[C@@H]4C(CO)O[C@@H](O)C(O)C4O)OC3CO)C(O)C2O)C(O)C1O. The molecule has 11 unspecified atom stereocenters. The summed E-state index contributed by atoms with van der Waals surface area (Å²) in [5.74, 6) is 0. The van der Waals surface area contributed by atoms with Gasteiger partial charge in [-0.3, -0.25) is 0 Å². The molecule has 20 heteroatoms. The van der Waals surface area contributed by atoms with Gasteiger partial charge in [0.05, 0.1) is 32.5 Å². The van der Waals surface area contributed by atoms with Crippen LogP contribution in [0.1, 0.15) is 6.42 Å². The number of methoxy groups -OCH3 is 1. The summed E-state index contributed by atoms with van der Waals surface area (Å²) in [4.78, 5) is 0. The molecule has 12 N–H and O–H groups in total. The number of aliphatic hydroxyl groups excluding tert-OH is 12. The monoisotopic (exact) mass is 664 g/mol. The number of aliphatic hydroxyl groups is 12. The lowest BCUT2D eigenvalue weighted by Gasteiger charge is -2.48. The molecule has 0 aromatic rings. The summed E-state index contributed by atoms with van der Waals surface area (Å²) in [6.45, 7) is -2.93. The molecule has 0 aliphatic carbocycles. The van der Waals surface area contributed by atoms with Gasteiger partial charge in [0.15, 0.2) is 25.2 Å². The van der Waals surface area contributed by atoms with Crippen LogP contribution in [0.3, 0.4) is 0 Å². The highest BCUT2D eigenvalue weighted by Crippen LogP contribution is 2.34. The molecule has 4 aliphatic rings. The topological polar surface area (TPSA) is 317 Å². The van der Waals surface area contributed by atoms with Gasteiger partial charge in [-0.1, -0.05) is 0 Å². The van der Waals surface area contributed by atoms with E-state index >= 15 is 0 Å². The molecule has 0 aromatic heterocycles. The summed E-state index contributed by atoms with van der Waals surface area (Å²) in [7, 11) is 1.23. The van der Waals surface area contributed by atoms with Gasteiger partial charge in [0.25, 0.3) is 0 Å². The summed E-state index contributed by atoms with van der Waals surface area (Å²) in [5.41, 5.74) is 0. The van der Waals surface area contributed by atoms with E-state index in [1.807, 2.05) is 0 Å². The maximum atomic E-state index is 10.9. The van der Waals surface area contributed by atoms with E-state index in [4.69, 9.17) is 37.9 Å². The van der Waals surface area contributed by atoms with Crippen LogP contribution in [-0.2, 0) is 37.9 Å². The molecule has 4 fully saturated rings. The summed E-state index contributed by atoms with van der Waals surface area (Å²) >= 11 is 0. The van der Waals surface area contributed by atoms with Crippen molar-refractivity contribution in [2.75, 3.05) is 33.5 Å². The average molecular weight is 665 g/mol. The Morgan fingerprint density at radius 3 is 1.44 bits per heavy atom. The van der Waals surface area contributed by atoms with E-state index in [1.54, 1.807) is 0 Å². The summed E-state index contributed by atoms with van der Waals surface area (Å²) in [6, 6.07) is 0. The lowest BCUT2D eigenvalue weighted by Crippen LogP contribution is -2.66. The van der Waals surface area contributed by atoms with Crippen molar-refractivity contribution in [2.24, 2.45) is 0 Å². The number of ether oxygens (including phenoxy) is 8. The Hall–Kier alpha value is -0.800. The first-order chi connectivity index (χ1) is 21.4. The van der Waals surface area contributed by atoms with Crippen molar-refractivity contribution < 1.29 is 99.2 Å². The Labute approximate surface area is 256 Å². The molecule has 264 valence electrons. The van der Waals surface area contributed by atoms with Gasteiger partial charge in [-0.25, -0.2) is 0 Å². The molecule has 45 heavy (non-hydrogen) atoms. The quantitative estimate of drug-likeness (QED) is 0.0975. The Morgan fingerprint density at radius 2 is 0.911 bits per heavy atom. The second-order valence-electron chi connectivity index (χ2n) is 11.2. The highest BCUT2D eigenvalue weighted by molar-refractivity contribution is 4.96. The van der Waals surface area contributed by atoms with Gasteiger partial charge in [0, 0.05) is 13.5 Å². The normalized spacial score (nSPS) is 51.3. The average Bonchev–Trinajstić information content (AvgIpc) is 3.03. The van der Waals surface area contributed by atoms with Crippen molar-refractivity contribution in [3.63, 3.8) is 0 Å². The van der Waals surface area contributed by atoms with Gasteiger partial charge in [-0.2, -0.15) is 0 Å². The van der Waals surface area contributed by atoms with Crippen LogP contribution in [0.25, 0.3) is 0 Å². The molecular weight excluding hydrogens is 620 g/mol. The second kappa shape index (κ2) is 16.1. The van der Waals surface area contributed by atoms with Crippen molar-refractivity contribution >= 4 is 0 Å². The molecule has 0 bridgehead atoms. The number of hydrogen-bond acceptors (Lipinski definition) is 20. The van der Waals surface area contributed by atoms with Crippen molar-refractivity contribution in [1.82, 2.24) is 0 Å². The molecule has 0 spiro atoms. The van der Waals surface area contributed by atoms with Gasteiger partial charge < -0.3 is 99.2 Å². The fourth-order valence-electron chi connectivity index (χ4n) is 5.83. The molecule has 0 saturated carbocycles. The Kier molecular flexibility index (Phi) is 13.2. The number of hydrogen-bond donors (Lipinski definition) is 12. The van der Waals surface area contributed by atoms with E-state index < -0.39 is 143 Å². The minimum atomic E-state index is -1.91. The van der Waals surface area contributed by atoms with Crippen molar-refractivity contribution in [1.29, 1.82) is 0 Å². The Bertz CT molecular complexity index is 897. The predicted octanol–water partition coefficient (Wildman–Crippen LogP) is -8.07. The Balaban J connectivity index is 1.40. The second-order valence-corrected chi connectivity index (χ2v) is 11.2. The third-order valence-electron chi connectivity index (χ3n) is 8.33. The molecule has 4 rings (SSSR count). The molecule has 4 saturated heterocycles. The minimum absolute atomic E-state index is 0.366. The summed E-state index contributed by atoms with van der Waals surface area (Å²) in [6.07, 6.45) is -29.7. The van der Waals surface area contributed by atoms with E-state index in [0.717, 1.165) is 0 Å². The molecule has 0 amide bonds. The van der Waals surface area contributed by atoms with Gasteiger partial charge in [0.2, 0.25) is 0 Å². The molecular formula is C25H44O20. The highest BCUT2D eigenvalue weighted by Gasteiger charge is 2.53. The van der Waals surface area contributed by atoms with Crippen LogP contribution >= 0.6 is 0 Å². The van der Waals surface area contributed by atoms with Gasteiger partial charge in [-0.15, -0.1) is 0 Å². The zero-order valence-corrected chi connectivity index (χ0v) is 24.1. The molecule has 19 atom stereocenters. The van der Waals surface area contributed by atoms with Crippen molar-refractivity contribution in [3.8, 4) is 0 Å². The van der Waals surface area contributed by atoms with Crippen LogP contribution in [0.2, 0.25) is 0 Å². The number of rotatable bonds is 11. The van der Waals surface area contributed by atoms with Gasteiger partial charge in [0.1, 0.15) is 85.5 Å². The fraction of sp³-hybridized carbons (Fsp3) is 1.00. The van der Waals surface area contributed by atoms with Crippen molar-refractivity contribution in [3.05, 3.63) is 0 Å². The van der Waals surface area contributed by atoms with Crippen molar-refractivity contribution in [2.45, 2.75) is 123 Å². The van der Waals surface area contributed by atoms with Crippen LogP contribution in [0.5, 0.6) is 0 Å². The zero-order valence-electron chi connectivity index (χ0n) is 24.1. The first-order valence-corrected chi connectivity index (χ1v) is 14.4. The van der Waals surface area contributed by atoms with E-state index in [1.165, 1.54) is 7.11 Å². The van der Waals surface area contributed by atoms with Crippen LogP contribution in [0.15, 0.2) is 0 Å². The maximum absolute atomic E-state index is 10.9. The molecule has 0 aromatic carbocycles. The fourth-order valence-corrected chi connectivity index (χ4v) is 5.83. The van der Waals surface area contributed by atoms with E-state index in [2.05, 4.69) is 0 Å². The lowest BCUT2D eigenvalue weighted by atomic mass is 9.96. The van der Waals surface area contributed by atoms with E-state index in [9.17, 15) is 61.3 Å². The third-order valence-corrected chi connectivity index (χ3v) is 8.33. The van der Waals surface area contributed by atoms with E-state index in [0.29, 0.717) is 0 Å². The minimum Gasteiger partial charge on any atom is -0.394 e. The van der Waals surface area contributed by atoms with Crippen LogP contribution in [0, 0.1) is 0 Å². The lowest BCUT2D eigenvalue weighted by molar-refractivity contribution is -0.378. The van der Waals surface area contributed by atoms with Crippen LogP contribution in [-0.4, -0.2) is 212 Å². The van der Waals surface area contributed by atoms with Gasteiger partial charge >= 0.3 is 0 Å². The third kappa shape index (κ3) is 7.76. The van der Waals surface area contributed by atoms with Crippen LogP contribution in [0.4, 0.5) is 0 Å². The molecule has 20 nitrogen and oxygen atoms in total. The molecule has 0 radical (unpaired) electrons. The highest BCUT2D eigenvalue weighted by atomic mass is 16.8. The predicted molar refractivity (Wildman–Crippen MR) is 137 cm³/mol. The first-order valence-electron chi connectivity index (χ1n) is 14.4. The maximum Gasteiger partial charge on any atom is 0.187 e. The van der Waals surface area contributed by atoms with E-state index in [-0.39, 0.29) is 6.42 Å². The zero-order chi connectivity index (χ0) is 33.2. The summed E-state index contributed by atoms with van der Waals surface area (Å²) in [5, 5.41) is 122. The smallest absolute Gasteiger partial charge is 0.187 e. The largest absolute Gasteiger partial charge is 0.394 e. The van der Waals surface area contributed by atoms with Gasteiger partial charge in [-0.05, 0) is 0 Å². The Morgan fingerprint density at radius 1 is 0.489 bits per heavy atom. The standard InChI is InChI=1S/C25H44O20/c1-38-20-9(4-27)41-25(17(35)14(20)32)45-22-11(6-29)42-24(18(36)15(22)33)44-19-7(30)2-12(39-8(19)3-26)43-21-10(5-28)40-23(37)16(34)13(21)31/h7-37H,2-6H2,1H3/t7?,8?,9?,10?,11?,12-,13?,14?,15?,16?,17?,18?,19-,20+,21+,22+,23+,24-,25-/m0/s1. The van der Waals surface area contributed by atoms with Crippen LogP contribution < -0.4 is 0 Å².